The third kappa shape index (κ3) is 1.62. The zero-order valence-electron chi connectivity index (χ0n) is 7.83. The van der Waals surface area contributed by atoms with Crippen molar-refractivity contribution in [1.82, 2.24) is 0 Å². The number of rotatable bonds is 2. The third-order valence-corrected chi connectivity index (χ3v) is 2.41. The summed E-state index contributed by atoms with van der Waals surface area (Å²) in [4.78, 5) is 0. The van der Waals surface area contributed by atoms with Crippen LogP contribution in [0.15, 0.2) is 0 Å². The molecule has 0 aliphatic carbocycles. The van der Waals surface area contributed by atoms with Gasteiger partial charge in [0.1, 0.15) is 6.10 Å². The van der Waals surface area contributed by atoms with Crippen LogP contribution >= 0.6 is 0 Å². The Morgan fingerprint density at radius 1 is 1.50 bits per heavy atom. The fraction of sp³-hybridized carbons (Fsp3) is 1.00. The second-order valence-corrected chi connectivity index (χ2v) is 3.73. The summed E-state index contributed by atoms with van der Waals surface area (Å²) in [6.07, 6.45) is -2.21. The Balaban J connectivity index is 2.60. The molecule has 1 N–H and O–H groups in total. The molecule has 0 unspecified atom stereocenters. The van der Waals surface area contributed by atoms with Gasteiger partial charge in [-0.15, -0.1) is 0 Å². The SMILES string of the molecule is CC[C@@H]1O[C@H](C(C)C)[C@H](F)[C@@H]1O. The lowest BCUT2D eigenvalue weighted by Gasteiger charge is -2.16. The number of halogens is 1. The molecule has 1 heterocycles. The van der Waals surface area contributed by atoms with E-state index in [0.717, 1.165) is 0 Å². The van der Waals surface area contributed by atoms with Crippen molar-refractivity contribution in [3.05, 3.63) is 0 Å². The standard InChI is InChI=1S/C9H17FO2/c1-4-6-8(11)7(10)9(12-6)5(2)3/h5-9,11H,4H2,1-3H3/t6-,7+,8+,9+/m0/s1. The van der Waals surface area contributed by atoms with Crippen LogP contribution < -0.4 is 0 Å². The van der Waals surface area contributed by atoms with Gasteiger partial charge in [-0.2, -0.15) is 0 Å². The zero-order chi connectivity index (χ0) is 9.30. The largest absolute Gasteiger partial charge is 0.387 e. The predicted molar refractivity (Wildman–Crippen MR) is 44.7 cm³/mol. The fourth-order valence-electron chi connectivity index (χ4n) is 1.62. The molecular formula is C9H17FO2. The molecule has 0 aromatic heterocycles. The maximum Gasteiger partial charge on any atom is 0.155 e. The van der Waals surface area contributed by atoms with Crippen LogP contribution in [0.1, 0.15) is 27.2 Å². The maximum absolute atomic E-state index is 13.3. The van der Waals surface area contributed by atoms with E-state index in [1.54, 1.807) is 0 Å². The molecule has 72 valence electrons. The van der Waals surface area contributed by atoms with Crippen LogP contribution in [0, 0.1) is 5.92 Å². The first-order valence-corrected chi connectivity index (χ1v) is 4.55. The molecule has 0 radical (unpaired) electrons. The molecule has 0 aromatic carbocycles. The molecule has 0 bridgehead atoms. The monoisotopic (exact) mass is 176 g/mol. The van der Waals surface area contributed by atoms with Gasteiger partial charge in [-0.05, 0) is 12.3 Å². The van der Waals surface area contributed by atoms with Crippen LogP contribution in [0.5, 0.6) is 0 Å². The number of aliphatic hydroxyl groups excluding tert-OH is 1. The van der Waals surface area contributed by atoms with Crippen LogP contribution in [0.4, 0.5) is 4.39 Å². The average molecular weight is 176 g/mol. The average Bonchev–Trinajstić information content (AvgIpc) is 2.30. The van der Waals surface area contributed by atoms with E-state index in [9.17, 15) is 9.50 Å². The van der Waals surface area contributed by atoms with Gasteiger partial charge in [-0.1, -0.05) is 20.8 Å². The smallest absolute Gasteiger partial charge is 0.155 e. The molecule has 4 atom stereocenters. The van der Waals surface area contributed by atoms with E-state index in [0.29, 0.717) is 6.42 Å². The summed E-state index contributed by atoms with van der Waals surface area (Å²) in [6, 6.07) is 0. The summed E-state index contributed by atoms with van der Waals surface area (Å²) < 4.78 is 18.7. The van der Waals surface area contributed by atoms with E-state index < -0.39 is 18.4 Å². The quantitative estimate of drug-likeness (QED) is 0.691. The van der Waals surface area contributed by atoms with Crippen LogP contribution in [-0.4, -0.2) is 29.6 Å². The van der Waals surface area contributed by atoms with Gasteiger partial charge in [0.2, 0.25) is 0 Å². The number of hydrogen-bond donors (Lipinski definition) is 1. The molecule has 0 aromatic rings. The van der Waals surface area contributed by atoms with Gasteiger partial charge in [-0.25, -0.2) is 4.39 Å². The highest BCUT2D eigenvalue weighted by Gasteiger charge is 2.44. The molecule has 0 saturated carbocycles. The lowest BCUT2D eigenvalue weighted by Crippen LogP contribution is -2.30. The van der Waals surface area contributed by atoms with Crippen LogP contribution in [-0.2, 0) is 4.74 Å². The molecule has 3 heteroatoms. The summed E-state index contributed by atoms with van der Waals surface area (Å²) in [5, 5.41) is 9.38. The molecule has 0 amide bonds. The molecule has 12 heavy (non-hydrogen) atoms. The first kappa shape index (κ1) is 9.93. The summed E-state index contributed by atoms with van der Waals surface area (Å²) >= 11 is 0. The lowest BCUT2D eigenvalue weighted by molar-refractivity contribution is -0.00968. The molecule has 1 aliphatic rings. The minimum absolute atomic E-state index is 0.131. The van der Waals surface area contributed by atoms with Crippen molar-refractivity contribution >= 4 is 0 Å². The first-order chi connectivity index (χ1) is 5.57. The molecular weight excluding hydrogens is 159 g/mol. The van der Waals surface area contributed by atoms with Crippen molar-refractivity contribution in [2.75, 3.05) is 0 Å². The fourth-order valence-corrected chi connectivity index (χ4v) is 1.62. The molecule has 1 aliphatic heterocycles. The van der Waals surface area contributed by atoms with E-state index in [4.69, 9.17) is 4.74 Å². The third-order valence-electron chi connectivity index (χ3n) is 2.41. The summed E-state index contributed by atoms with van der Waals surface area (Å²) in [5.41, 5.74) is 0. The van der Waals surface area contributed by atoms with E-state index in [1.807, 2.05) is 20.8 Å². The molecule has 0 spiro atoms. The molecule has 1 rings (SSSR count). The van der Waals surface area contributed by atoms with Gasteiger partial charge in [0.05, 0.1) is 12.2 Å². The van der Waals surface area contributed by atoms with E-state index >= 15 is 0 Å². The van der Waals surface area contributed by atoms with Gasteiger partial charge in [0.15, 0.2) is 6.17 Å². The Kier molecular flexibility index (Phi) is 3.07. The Labute approximate surface area is 72.7 Å². The van der Waals surface area contributed by atoms with Crippen LogP contribution in [0.2, 0.25) is 0 Å². The Morgan fingerprint density at radius 3 is 2.33 bits per heavy atom. The summed E-state index contributed by atoms with van der Waals surface area (Å²) in [6.45, 7) is 5.70. The Morgan fingerprint density at radius 2 is 2.08 bits per heavy atom. The van der Waals surface area contributed by atoms with Crippen molar-refractivity contribution in [3.8, 4) is 0 Å². The van der Waals surface area contributed by atoms with Gasteiger partial charge in [0.25, 0.3) is 0 Å². The molecule has 1 saturated heterocycles. The van der Waals surface area contributed by atoms with Crippen molar-refractivity contribution in [1.29, 1.82) is 0 Å². The van der Waals surface area contributed by atoms with Crippen LogP contribution in [0.3, 0.4) is 0 Å². The van der Waals surface area contributed by atoms with E-state index in [1.165, 1.54) is 0 Å². The minimum atomic E-state index is -1.21. The molecule has 2 nitrogen and oxygen atoms in total. The van der Waals surface area contributed by atoms with E-state index in [-0.39, 0.29) is 12.0 Å². The first-order valence-electron chi connectivity index (χ1n) is 4.55. The zero-order valence-corrected chi connectivity index (χ0v) is 7.83. The highest BCUT2D eigenvalue weighted by Crippen LogP contribution is 2.29. The van der Waals surface area contributed by atoms with Gasteiger partial charge >= 0.3 is 0 Å². The number of aliphatic hydroxyl groups is 1. The Hall–Kier alpha value is -0.150. The number of alkyl halides is 1. The summed E-state index contributed by atoms with van der Waals surface area (Å²) in [7, 11) is 0. The maximum atomic E-state index is 13.3. The predicted octanol–water partition coefficient (Wildman–Crippen LogP) is 1.52. The molecule has 1 fully saturated rings. The minimum Gasteiger partial charge on any atom is -0.387 e. The Bertz CT molecular complexity index is 149. The van der Waals surface area contributed by atoms with Crippen molar-refractivity contribution in [2.45, 2.75) is 51.7 Å². The second-order valence-electron chi connectivity index (χ2n) is 3.73. The van der Waals surface area contributed by atoms with Crippen LogP contribution in [0.25, 0.3) is 0 Å². The number of ether oxygens (including phenoxy) is 1. The van der Waals surface area contributed by atoms with Gasteiger partial charge in [0, 0.05) is 0 Å². The van der Waals surface area contributed by atoms with Gasteiger partial charge in [-0.3, -0.25) is 0 Å². The topological polar surface area (TPSA) is 29.5 Å². The van der Waals surface area contributed by atoms with Crippen molar-refractivity contribution in [2.24, 2.45) is 5.92 Å². The van der Waals surface area contributed by atoms with Crippen molar-refractivity contribution in [3.63, 3.8) is 0 Å². The van der Waals surface area contributed by atoms with E-state index in [2.05, 4.69) is 0 Å². The summed E-state index contributed by atoms with van der Waals surface area (Å²) in [5.74, 6) is 0.131. The highest BCUT2D eigenvalue weighted by molar-refractivity contribution is 4.91. The van der Waals surface area contributed by atoms with Crippen molar-refractivity contribution < 1.29 is 14.2 Å². The second kappa shape index (κ2) is 3.71. The lowest BCUT2D eigenvalue weighted by atomic mass is 10.0. The van der Waals surface area contributed by atoms with Gasteiger partial charge < -0.3 is 9.84 Å². The highest BCUT2D eigenvalue weighted by atomic mass is 19.1. The normalized spacial score (nSPS) is 42.5. The number of hydrogen-bond acceptors (Lipinski definition) is 2.